The second-order valence-electron chi connectivity index (χ2n) is 8.08. The van der Waals surface area contributed by atoms with Gasteiger partial charge in [-0.1, -0.05) is 48.9 Å². The molecule has 5 nitrogen and oxygen atoms in total. The van der Waals surface area contributed by atoms with E-state index in [1.807, 2.05) is 54.5 Å². The van der Waals surface area contributed by atoms with Gasteiger partial charge in [0.2, 0.25) is 5.91 Å². The minimum absolute atomic E-state index is 0.00564. The Labute approximate surface area is 205 Å². The van der Waals surface area contributed by atoms with E-state index in [1.54, 1.807) is 40.5 Å². The molecule has 1 unspecified atom stereocenters. The van der Waals surface area contributed by atoms with Crippen LogP contribution in [0, 0.1) is 6.92 Å². The Bertz CT molecular complexity index is 1050. The molecule has 0 saturated carbocycles. The molecule has 0 saturated heterocycles. The average molecular weight is 484 g/mol. The van der Waals surface area contributed by atoms with Crippen LogP contribution in [0.3, 0.4) is 0 Å². The molecular formula is C26H30ClN3O2S. The smallest absolute Gasteiger partial charge is 0.322 e. The van der Waals surface area contributed by atoms with Crippen molar-refractivity contribution in [3.63, 3.8) is 0 Å². The number of carbonyl (C=O) groups is 2. The van der Waals surface area contributed by atoms with Gasteiger partial charge in [-0.25, -0.2) is 4.79 Å². The molecule has 2 aromatic carbocycles. The summed E-state index contributed by atoms with van der Waals surface area (Å²) in [6, 6.07) is 18.6. The molecule has 0 aliphatic rings. The highest BCUT2D eigenvalue weighted by atomic mass is 35.5. The fraction of sp³-hybridized carbons (Fsp3) is 0.308. The molecule has 174 valence electrons. The van der Waals surface area contributed by atoms with E-state index in [4.69, 9.17) is 11.6 Å². The van der Waals surface area contributed by atoms with Crippen molar-refractivity contribution in [2.24, 2.45) is 0 Å². The summed E-state index contributed by atoms with van der Waals surface area (Å²) in [7, 11) is 0. The Kier molecular flexibility index (Phi) is 8.92. The fourth-order valence-corrected chi connectivity index (χ4v) is 4.44. The van der Waals surface area contributed by atoms with Crippen molar-refractivity contribution in [3.8, 4) is 0 Å². The maximum atomic E-state index is 13.5. The predicted octanol–water partition coefficient (Wildman–Crippen LogP) is 6.57. The summed E-state index contributed by atoms with van der Waals surface area (Å²) in [4.78, 5) is 31.2. The lowest BCUT2D eigenvalue weighted by atomic mass is 10.2. The third-order valence-electron chi connectivity index (χ3n) is 5.66. The molecule has 0 fully saturated rings. The zero-order valence-electron chi connectivity index (χ0n) is 19.3. The van der Waals surface area contributed by atoms with Crippen LogP contribution >= 0.6 is 22.9 Å². The van der Waals surface area contributed by atoms with Gasteiger partial charge < -0.3 is 15.1 Å². The Morgan fingerprint density at radius 1 is 1.03 bits per heavy atom. The summed E-state index contributed by atoms with van der Waals surface area (Å²) in [6.07, 6.45) is 0.740. The summed E-state index contributed by atoms with van der Waals surface area (Å²) in [5, 5.41) is 5.53. The number of halogens is 1. The molecule has 3 rings (SSSR count). The number of hydrogen-bond acceptors (Lipinski definition) is 3. The van der Waals surface area contributed by atoms with E-state index in [0.717, 1.165) is 16.9 Å². The highest BCUT2D eigenvalue weighted by molar-refractivity contribution is 7.10. The molecule has 0 bridgehead atoms. The topological polar surface area (TPSA) is 52.7 Å². The zero-order chi connectivity index (χ0) is 23.8. The summed E-state index contributed by atoms with van der Waals surface area (Å²) >= 11 is 7.60. The van der Waals surface area contributed by atoms with Gasteiger partial charge in [0.05, 0.1) is 6.54 Å². The van der Waals surface area contributed by atoms with E-state index in [-0.39, 0.29) is 24.5 Å². The Balaban J connectivity index is 1.78. The van der Waals surface area contributed by atoms with Crippen molar-refractivity contribution in [2.75, 3.05) is 11.9 Å². The number of amides is 3. The van der Waals surface area contributed by atoms with Crippen LogP contribution in [0.1, 0.15) is 36.3 Å². The average Bonchev–Trinajstić information content (AvgIpc) is 3.22. The van der Waals surface area contributed by atoms with Crippen molar-refractivity contribution >= 4 is 40.6 Å². The van der Waals surface area contributed by atoms with Gasteiger partial charge in [0.15, 0.2) is 0 Å². The Morgan fingerprint density at radius 2 is 1.73 bits per heavy atom. The van der Waals surface area contributed by atoms with Crippen molar-refractivity contribution < 1.29 is 9.59 Å². The minimum Gasteiger partial charge on any atom is -0.332 e. The van der Waals surface area contributed by atoms with Gasteiger partial charge in [-0.3, -0.25) is 4.79 Å². The summed E-state index contributed by atoms with van der Waals surface area (Å²) in [5.41, 5.74) is 2.87. The quantitative estimate of drug-likeness (QED) is 0.374. The van der Waals surface area contributed by atoms with E-state index >= 15 is 0 Å². The number of benzene rings is 2. The maximum absolute atomic E-state index is 13.5. The van der Waals surface area contributed by atoms with Crippen LogP contribution < -0.4 is 5.32 Å². The van der Waals surface area contributed by atoms with Crippen LogP contribution in [0.4, 0.5) is 10.5 Å². The number of thiophene rings is 1. The van der Waals surface area contributed by atoms with Crippen LogP contribution in [0.25, 0.3) is 0 Å². The van der Waals surface area contributed by atoms with Crippen molar-refractivity contribution in [1.82, 2.24) is 9.80 Å². The first kappa shape index (κ1) is 24.8. The molecule has 3 aromatic rings. The number of hydrogen-bond donors (Lipinski definition) is 1. The van der Waals surface area contributed by atoms with Gasteiger partial charge in [-0.2, -0.15) is 0 Å². The predicted molar refractivity (Wildman–Crippen MR) is 137 cm³/mol. The third-order valence-corrected chi connectivity index (χ3v) is 6.92. The van der Waals surface area contributed by atoms with Gasteiger partial charge in [-0.05, 0) is 67.1 Å². The molecule has 1 atom stereocenters. The molecule has 1 aromatic heterocycles. The first-order valence-electron chi connectivity index (χ1n) is 11.0. The SMILES string of the molecule is CCC(C)N(CC(=O)N(Cc1ccccc1)Cc1sccc1C)C(=O)Nc1ccc(Cl)cc1. The lowest BCUT2D eigenvalue weighted by Gasteiger charge is -2.31. The summed E-state index contributed by atoms with van der Waals surface area (Å²) < 4.78 is 0. The molecule has 0 spiro atoms. The molecular weight excluding hydrogens is 454 g/mol. The number of nitrogens with one attached hydrogen (secondary N) is 1. The lowest BCUT2D eigenvalue weighted by Crippen LogP contribution is -2.47. The molecule has 1 heterocycles. The standard InChI is InChI=1S/C26H30ClN3O2S/c1-4-20(3)30(26(32)28-23-12-10-22(27)11-13-23)18-25(31)29(16-21-8-6-5-7-9-21)17-24-19(2)14-15-33-24/h5-15,20H,4,16-18H2,1-3H3,(H,28,32). The molecule has 7 heteroatoms. The number of rotatable bonds is 9. The number of aryl methyl sites for hydroxylation is 1. The lowest BCUT2D eigenvalue weighted by molar-refractivity contribution is -0.133. The van der Waals surface area contributed by atoms with Gasteiger partial charge in [0.1, 0.15) is 6.54 Å². The second-order valence-corrected chi connectivity index (χ2v) is 9.52. The largest absolute Gasteiger partial charge is 0.332 e. The number of carbonyl (C=O) groups excluding carboxylic acids is 2. The number of urea groups is 1. The van der Waals surface area contributed by atoms with Crippen molar-refractivity contribution in [2.45, 2.75) is 46.3 Å². The van der Waals surface area contributed by atoms with Gasteiger partial charge in [0, 0.05) is 28.2 Å². The highest BCUT2D eigenvalue weighted by Crippen LogP contribution is 2.20. The van der Waals surface area contributed by atoms with Crippen molar-refractivity contribution in [1.29, 1.82) is 0 Å². The van der Waals surface area contributed by atoms with Gasteiger partial charge in [0.25, 0.3) is 0 Å². The molecule has 0 radical (unpaired) electrons. The van der Waals surface area contributed by atoms with E-state index in [2.05, 4.69) is 18.3 Å². The van der Waals surface area contributed by atoms with E-state index in [1.165, 1.54) is 5.56 Å². The zero-order valence-corrected chi connectivity index (χ0v) is 20.8. The van der Waals surface area contributed by atoms with Crippen LogP contribution in [-0.4, -0.2) is 34.3 Å². The minimum atomic E-state index is -0.299. The molecule has 1 N–H and O–H groups in total. The second kappa shape index (κ2) is 11.9. The number of nitrogens with zero attached hydrogens (tertiary/aromatic N) is 2. The number of anilines is 1. The molecule has 3 amide bonds. The van der Waals surface area contributed by atoms with E-state index in [0.29, 0.717) is 23.8 Å². The van der Waals surface area contributed by atoms with Crippen molar-refractivity contribution in [3.05, 3.63) is 87.1 Å². The Morgan fingerprint density at radius 3 is 2.33 bits per heavy atom. The maximum Gasteiger partial charge on any atom is 0.322 e. The highest BCUT2D eigenvalue weighted by Gasteiger charge is 2.25. The van der Waals surface area contributed by atoms with Crippen LogP contribution in [0.15, 0.2) is 66.0 Å². The summed E-state index contributed by atoms with van der Waals surface area (Å²) in [6.45, 7) is 7.04. The fourth-order valence-electron chi connectivity index (χ4n) is 3.40. The van der Waals surface area contributed by atoms with E-state index < -0.39 is 0 Å². The third kappa shape index (κ3) is 7.07. The van der Waals surface area contributed by atoms with Crippen LogP contribution in [0.5, 0.6) is 0 Å². The first-order chi connectivity index (χ1) is 15.9. The van der Waals surface area contributed by atoms with Gasteiger partial charge >= 0.3 is 6.03 Å². The molecule has 0 aliphatic carbocycles. The van der Waals surface area contributed by atoms with E-state index in [9.17, 15) is 9.59 Å². The monoisotopic (exact) mass is 483 g/mol. The Hall–Kier alpha value is -2.83. The van der Waals surface area contributed by atoms with Gasteiger partial charge in [-0.15, -0.1) is 11.3 Å². The molecule has 33 heavy (non-hydrogen) atoms. The molecule has 0 aliphatic heterocycles. The normalized spacial score (nSPS) is 11.6. The van der Waals surface area contributed by atoms with Crippen LogP contribution in [-0.2, 0) is 17.9 Å². The summed E-state index contributed by atoms with van der Waals surface area (Å²) in [5.74, 6) is -0.0850. The van der Waals surface area contributed by atoms with Crippen LogP contribution in [0.2, 0.25) is 5.02 Å². The first-order valence-corrected chi connectivity index (χ1v) is 12.3.